The van der Waals surface area contributed by atoms with Crippen molar-refractivity contribution < 1.29 is 0 Å². The predicted octanol–water partition coefficient (Wildman–Crippen LogP) is 15.1. The Bertz CT molecular complexity index is 3210. The van der Waals surface area contributed by atoms with Crippen LogP contribution in [-0.2, 0) is 0 Å². The number of aromatic nitrogens is 1. The summed E-state index contributed by atoms with van der Waals surface area (Å²) in [6.07, 6.45) is 0. The van der Waals surface area contributed by atoms with Gasteiger partial charge in [-0.05, 0) is 99.8 Å². The van der Waals surface area contributed by atoms with Crippen LogP contribution in [0.3, 0.4) is 0 Å². The fourth-order valence-corrected chi connectivity index (χ4v) is 9.44. The van der Waals surface area contributed by atoms with E-state index in [-0.39, 0.29) is 0 Å². The van der Waals surface area contributed by atoms with Crippen molar-refractivity contribution in [1.29, 1.82) is 0 Å². The van der Waals surface area contributed by atoms with Gasteiger partial charge in [-0.15, -0.1) is 11.3 Å². The van der Waals surface area contributed by atoms with E-state index in [4.69, 9.17) is 0 Å². The van der Waals surface area contributed by atoms with Gasteiger partial charge in [0.2, 0.25) is 0 Å². The number of thiophene rings is 1. The summed E-state index contributed by atoms with van der Waals surface area (Å²) < 4.78 is 5.02. The molecule has 2 aromatic heterocycles. The zero-order chi connectivity index (χ0) is 36.3. The number of fused-ring (bicyclic) bond motifs is 7. The number of nitrogens with zero attached hydrogens (tertiary/aromatic N) is 2. The lowest BCUT2D eigenvalue weighted by molar-refractivity contribution is 1.19. The smallest absolute Gasteiger partial charge is 0.0547 e. The van der Waals surface area contributed by atoms with Crippen molar-refractivity contribution in [2.75, 3.05) is 4.90 Å². The Hall–Kier alpha value is -6.94. The molecular formula is C52H34N2S. The second kappa shape index (κ2) is 12.9. The standard InChI is InChI=1S/C52H34N2S/c1-2-11-35(12-3-1)37-21-25-41(26-22-37)53(44-28-30-48-47-18-7-9-20-51(47)55-52(48)34-44)42-16-10-15-39(32-42)40-24-29-46-45-17-6-8-19-49(45)54(50(46)33-40)43-27-23-36-13-4-5-14-38(36)31-43/h1-34H. The zero-order valence-electron chi connectivity index (χ0n) is 29.9. The largest absolute Gasteiger partial charge is 0.310 e. The Morgan fingerprint density at radius 3 is 1.84 bits per heavy atom. The zero-order valence-corrected chi connectivity index (χ0v) is 30.7. The number of anilines is 3. The van der Waals surface area contributed by atoms with Gasteiger partial charge in [-0.3, -0.25) is 0 Å². The van der Waals surface area contributed by atoms with E-state index < -0.39 is 0 Å². The highest BCUT2D eigenvalue weighted by molar-refractivity contribution is 7.25. The molecular weight excluding hydrogens is 685 g/mol. The SMILES string of the molecule is c1ccc(-c2ccc(N(c3cccc(-c4ccc5c6ccccc6n(-c6ccc7ccccc7c6)c5c4)c3)c3ccc4c(c3)sc3ccccc34)cc2)cc1. The third-order valence-corrected chi connectivity index (χ3v) is 12.1. The molecule has 0 bridgehead atoms. The molecule has 0 atom stereocenters. The van der Waals surface area contributed by atoms with Crippen LogP contribution in [0.2, 0.25) is 0 Å². The van der Waals surface area contributed by atoms with Crippen LogP contribution in [-0.4, -0.2) is 4.57 Å². The van der Waals surface area contributed by atoms with E-state index in [2.05, 4.69) is 216 Å². The van der Waals surface area contributed by atoms with Crippen LogP contribution >= 0.6 is 11.3 Å². The Morgan fingerprint density at radius 2 is 0.945 bits per heavy atom. The molecule has 0 aliphatic rings. The quantitative estimate of drug-likeness (QED) is 0.166. The number of para-hydroxylation sites is 1. The second-order valence-electron chi connectivity index (χ2n) is 14.2. The van der Waals surface area contributed by atoms with Crippen LogP contribution in [0.4, 0.5) is 17.1 Å². The predicted molar refractivity (Wildman–Crippen MR) is 237 cm³/mol. The normalized spacial score (nSPS) is 11.6. The summed E-state index contributed by atoms with van der Waals surface area (Å²) in [4.78, 5) is 2.40. The lowest BCUT2D eigenvalue weighted by atomic mass is 10.0. The van der Waals surface area contributed by atoms with E-state index >= 15 is 0 Å². The minimum absolute atomic E-state index is 1.11. The highest BCUT2D eigenvalue weighted by atomic mass is 32.1. The van der Waals surface area contributed by atoms with Gasteiger partial charge in [0.25, 0.3) is 0 Å². The number of hydrogen-bond donors (Lipinski definition) is 0. The van der Waals surface area contributed by atoms with Crippen LogP contribution in [0.25, 0.3) is 80.7 Å². The third-order valence-electron chi connectivity index (χ3n) is 11.0. The summed E-state index contributed by atoms with van der Waals surface area (Å²) in [5.41, 5.74) is 11.7. The summed E-state index contributed by atoms with van der Waals surface area (Å²) in [5, 5.41) is 7.60. The highest BCUT2D eigenvalue weighted by Gasteiger charge is 2.18. The van der Waals surface area contributed by atoms with Crippen LogP contribution in [0.5, 0.6) is 0 Å². The average molecular weight is 719 g/mol. The monoisotopic (exact) mass is 718 g/mol. The van der Waals surface area contributed by atoms with E-state index in [0.29, 0.717) is 0 Å². The molecule has 0 unspecified atom stereocenters. The molecule has 2 nitrogen and oxygen atoms in total. The van der Waals surface area contributed by atoms with E-state index in [1.807, 2.05) is 11.3 Å². The van der Waals surface area contributed by atoms with Crippen molar-refractivity contribution in [2.24, 2.45) is 0 Å². The Morgan fingerprint density at radius 1 is 0.327 bits per heavy atom. The van der Waals surface area contributed by atoms with Crippen molar-refractivity contribution in [2.45, 2.75) is 0 Å². The molecule has 9 aromatic carbocycles. The molecule has 258 valence electrons. The Balaban J connectivity index is 1.06. The van der Waals surface area contributed by atoms with Crippen molar-refractivity contribution in [3.8, 4) is 27.9 Å². The van der Waals surface area contributed by atoms with E-state index in [1.165, 1.54) is 75.0 Å². The summed E-state index contributed by atoms with van der Waals surface area (Å²) in [7, 11) is 0. The second-order valence-corrected chi connectivity index (χ2v) is 15.3. The van der Waals surface area contributed by atoms with Gasteiger partial charge in [-0.2, -0.15) is 0 Å². The minimum Gasteiger partial charge on any atom is -0.310 e. The first-order valence-corrected chi connectivity index (χ1v) is 19.6. The van der Waals surface area contributed by atoms with Gasteiger partial charge in [0.05, 0.1) is 11.0 Å². The van der Waals surface area contributed by atoms with Gasteiger partial charge < -0.3 is 9.47 Å². The number of rotatable bonds is 6. The van der Waals surface area contributed by atoms with Crippen molar-refractivity contribution >= 4 is 81.1 Å². The third kappa shape index (κ3) is 5.40. The van der Waals surface area contributed by atoms with E-state index in [0.717, 1.165) is 22.7 Å². The summed E-state index contributed by atoms with van der Waals surface area (Å²) >= 11 is 1.86. The van der Waals surface area contributed by atoms with Crippen molar-refractivity contribution in [3.05, 3.63) is 206 Å². The van der Waals surface area contributed by atoms with Gasteiger partial charge in [-0.25, -0.2) is 0 Å². The first kappa shape index (κ1) is 31.6. The maximum absolute atomic E-state index is 2.42. The van der Waals surface area contributed by atoms with Gasteiger partial charge in [0, 0.05) is 53.7 Å². The fourth-order valence-electron chi connectivity index (χ4n) is 8.30. The lowest BCUT2D eigenvalue weighted by Crippen LogP contribution is -2.10. The first-order chi connectivity index (χ1) is 27.2. The van der Waals surface area contributed by atoms with E-state index in [1.54, 1.807) is 0 Å². The molecule has 0 saturated carbocycles. The molecule has 0 aliphatic carbocycles. The molecule has 2 heterocycles. The molecule has 0 amide bonds. The van der Waals surface area contributed by atoms with Crippen LogP contribution in [0, 0.1) is 0 Å². The summed E-state index contributed by atoms with van der Waals surface area (Å²) in [6.45, 7) is 0. The highest BCUT2D eigenvalue weighted by Crippen LogP contribution is 2.42. The van der Waals surface area contributed by atoms with Gasteiger partial charge in [0.15, 0.2) is 0 Å². The van der Waals surface area contributed by atoms with Gasteiger partial charge >= 0.3 is 0 Å². The summed E-state index contributed by atoms with van der Waals surface area (Å²) in [6, 6.07) is 75.3. The summed E-state index contributed by atoms with van der Waals surface area (Å²) in [5.74, 6) is 0. The molecule has 0 fully saturated rings. The number of hydrogen-bond acceptors (Lipinski definition) is 2. The molecule has 3 heteroatoms. The van der Waals surface area contributed by atoms with Gasteiger partial charge in [0.1, 0.15) is 0 Å². The molecule has 0 N–H and O–H groups in total. The molecule has 55 heavy (non-hydrogen) atoms. The van der Waals surface area contributed by atoms with Crippen molar-refractivity contribution in [3.63, 3.8) is 0 Å². The lowest BCUT2D eigenvalue weighted by Gasteiger charge is -2.26. The van der Waals surface area contributed by atoms with Crippen LogP contribution in [0.1, 0.15) is 0 Å². The minimum atomic E-state index is 1.11. The molecule has 11 rings (SSSR count). The molecule has 0 aliphatic heterocycles. The maximum atomic E-state index is 2.42. The van der Waals surface area contributed by atoms with Crippen LogP contribution in [0.15, 0.2) is 206 Å². The number of benzene rings is 9. The first-order valence-electron chi connectivity index (χ1n) is 18.7. The molecule has 0 radical (unpaired) electrons. The van der Waals surface area contributed by atoms with Crippen LogP contribution < -0.4 is 4.90 Å². The van der Waals surface area contributed by atoms with Crippen molar-refractivity contribution in [1.82, 2.24) is 4.57 Å². The van der Waals surface area contributed by atoms with E-state index in [9.17, 15) is 0 Å². The maximum Gasteiger partial charge on any atom is 0.0547 e. The average Bonchev–Trinajstić information content (AvgIpc) is 3.79. The molecule has 0 saturated heterocycles. The molecule has 0 spiro atoms. The fraction of sp³-hybridized carbons (Fsp3) is 0. The topological polar surface area (TPSA) is 8.17 Å². The molecule has 11 aromatic rings. The Kier molecular flexibility index (Phi) is 7.39. The van der Waals surface area contributed by atoms with Gasteiger partial charge in [-0.1, -0.05) is 140 Å². The Labute approximate surface area is 323 Å².